The largest absolute Gasteiger partial charge is 0.493 e. The van der Waals surface area contributed by atoms with Crippen molar-refractivity contribution in [3.63, 3.8) is 0 Å². The molecule has 140 valence electrons. The van der Waals surface area contributed by atoms with Gasteiger partial charge in [-0.3, -0.25) is 14.9 Å². The van der Waals surface area contributed by atoms with E-state index >= 15 is 0 Å². The van der Waals surface area contributed by atoms with Gasteiger partial charge in [0.05, 0.1) is 31.3 Å². The average molecular weight is 363 g/mol. The van der Waals surface area contributed by atoms with E-state index in [4.69, 9.17) is 9.47 Å². The number of methoxy groups -OCH3 is 2. The van der Waals surface area contributed by atoms with Crippen molar-refractivity contribution in [2.75, 3.05) is 20.8 Å². The quantitative estimate of drug-likeness (QED) is 0.546. The zero-order chi connectivity index (χ0) is 19.3. The van der Waals surface area contributed by atoms with Gasteiger partial charge < -0.3 is 24.5 Å². The van der Waals surface area contributed by atoms with Gasteiger partial charge in [-0.05, 0) is 18.6 Å². The van der Waals surface area contributed by atoms with Gasteiger partial charge in [-0.15, -0.1) is 0 Å². The Hall–Kier alpha value is -3.07. The van der Waals surface area contributed by atoms with E-state index in [1.54, 1.807) is 10.6 Å². The number of carbonyl (C=O) groups excluding carboxylic acids is 1. The van der Waals surface area contributed by atoms with E-state index in [0.717, 1.165) is 11.8 Å². The zero-order valence-corrected chi connectivity index (χ0v) is 14.8. The first-order valence-corrected chi connectivity index (χ1v) is 7.87. The summed E-state index contributed by atoms with van der Waals surface area (Å²) >= 11 is 0. The van der Waals surface area contributed by atoms with Crippen molar-refractivity contribution in [2.45, 2.75) is 12.5 Å². The maximum absolute atomic E-state index is 12.4. The zero-order valence-electron chi connectivity index (χ0n) is 14.8. The highest BCUT2D eigenvalue weighted by Gasteiger charge is 2.24. The highest BCUT2D eigenvalue weighted by molar-refractivity contribution is 5.99. The van der Waals surface area contributed by atoms with Crippen LogP contribution in [-0.2, 0) is 7.05 Å². The second-order valence-electron chi connectivity index (χ2n) is 5.59. The summed E-state index contributed by atoms with van der Waals surface area (Å²) in [6, 6.07) is 6.00. The molecule has 0 radical (unpaired) electrons. The van der Waals surface area contributed by atoms with Crippen LogP contribution < -0.4 is 14.8 Å². The number of aryl methyl sites for hydroxylation is 1. The first kappa shape index (κ1) is 19.3. The maximum Gasteiger partial charge on any atom is 0.286 e. The molecule has 0 bridgehead atoms. The third kappa shape index (κ3) is 4.12. The van der Waals surface area contributed by atoms with Gasteiger partial charge in [0, 0.05) is 31.5 Å². The lowest BCUT2D eigenvalue weighted by Crippen LogP contribution is -2.26. The average Bonchev–Trinajstić information content (AvgIpc) is 3.06. The molecule has 0 fully saturated rings. The number of nitrogens with one attached hydrogen (secondary N) is 1. The SMILES string of the molecule is COc1cc(C(=O)NCCC(O)c2cccn2C)c([N+](=O)[O-])cc1OC. The predicted octanol–water partition coefficient (Wildman–Crippen LogP) is 1.80. The van der Waals surface area contributed by atoms with Crippen molar-refractivity contribution in [1.82, 2.24) is 9.88 Å². The molecule has 2 N–H and O–H groups in total. The number of aliphatic hydroxyl groups is 1. The van der Waals surface area contributed by atoms with Crippen LogP contribution in [0.2, 0.25) is 0 Å². The highest BCUT2D eigenvalue weighted by atomic mass is 16.6. The van der Waals surface area contributed by atoms with E-state index in [9.17, 15) is 20.0 Å². The molecule has 0 aliphatic rings. The van der Waals surface area contributed by atoms with Crippen LogP contribution >= 0.6 is 0 Å². The summed E-state index contributed by atoms with van der Waals surface area (Å²) in [5.74, 6) is -0.251. The van der Waals surface area contributed by atoms with Crippen molar-refractivity contribution in [3.05, 3.63) is 51.8 Å². The third-order valence-corrected chi connectivity index (χ3v) is 3.97. The molecule has 26 heavy (non-hydrogen) atoms. The van der Waals surface area contributed by atoms with Crippen LogP contribution in [0.25, 0.3) is 0 Å². The van der Waals surface area contributed by atoms with Crippen LogP contribution in [0, 0.1) is 10.1 Å². The van der Waals surface area contributed by atoms with Crippen LogP contribution in [0.4, 0.5) is 5.69 Å². The summed E-state index contributed by atoms with van der Waals surface area (Å²) in [4.78, 5) is 23.0. The lowest BCUT2D eigenvalue weighted by molar-refractivity contribution is -0.385. The minimum absolute atomic E-state index is 0.138. The molecule has 0 spiro atoms. The molecule has 2 rings (SSSR count). The first-order chi connectivity index (χ1) is 12.4. The van der Waals surface area contributed by atoms with E-state index in [1.165, 1.54) is 20.3 Å². The smallest absolute Gasteiger partial charge is 0.286 e. The van der Waals surface area contributed by atoms with Crippen molar-refractivity contribution in [3.8, 4) is 11.5 Å². The number of nitro groups is 1. The number of nitro benzene ring substituents is 1. The molecule has 1 unspecified atom stereocenters. The van der Waals surface area contributed by atoms with Gasteiger partial charge in [0.25, 0.3) is 11.6 Å². The standard InChI is InChI=1S/C17H21N3O6/c1-19-8-4-5-12(19)14(21)6-7-18-17(22)11-9-15(25-2)16(26-3)10-13(11)20(23)24/h4-5,8-10,14,21H,6-7H2,1-3H3,(H,18,22). The Morgan fingerprint density at radius 1 is 1.35 bits per heavy atom. The molecule has 1 aromatic heterocycles. The number of aromatic nitrogens is 1. The lowest BCUT2D eigenvalue weighted by atomic mass is 10.1. The summed E-state index contributed by atoms with van der Waals surface area (Å²) in [6.45, 7) is 0.149. The molecule has 2 aromatic rings. The summed E-state index contributed by atoms with van der Waals surface area (Å²) in [7, 11) is 4.54. The minimum Gasteiger partial charge on any atom is -0.493 e. The van der Waals surface area contributed by atoms with E-state index in [0.29, 0.717) is 0 Å². The van der Waals surface area contributed by atoms with Gasteiger partial charge >= 0.3 is 0 Å². The Kier molecular flexibility index (Phi) is 6.18. The van der Waals surface area contributed by atoms with Gasteiger partial charge in [-0.1, -0.05) is 0 Å². The monoisotopic (exact) mass is 363 g/mol. The molecule has 1 aromatic carbocycles. The van der Waals surface area contributed by atoms with Gasteiger partial charge in [-0.2, -0.15) is 0 Å². The number of aliphatic hydroxyl groups excluding tert-OH is 1. The Balaban J connectivity index is 2.11. The molecule has 1 amide bonds. The summed E-state index contributed by atoms with van der Waals surface area (Å²) in [6.07, 6.45) is 1.32. The Morgan fingerprint density at radius 3 is 2.54 bits per heavy atom. The fourth-order valence-corrected chi connectivity index (χ4v) is 2.59. The van der Waals surface area contributed by atoms with Crippen LogP contribution in [0.15, 0.2) is 30.5 Å². The molecule has 0 saturated heterocycles. The molecule has 9 heteroatoms. The number of carbonyl (C=O) groups is 1. The van der Waals surface area contributed by atoms with E-state index in [-0.39, 0.29) is 35.7 Å². The number of amides is 1. The maximum atomic E-state index is 12.4. The number of benzene rings is 1. The van der Waals surface area contributed by atoms with Crippen molar-refractivity contribution in [2.24, 2.45) is 7.05 Å². The molecular formula is C17H21N3O6. The Bertz CT molecular complexity index is 802. The summed E-state index contributed by atoms with van der Waals surface area (Å²) in [5.41, 5.74) is 0.195. The normalized spacial score (nSPS) is 11.7. The topological polar surface area (TPSA) is 116 Å². The lowest BCUT2D eigenvalue weighted by Gasteiger charge is -2.13. The third-order valence-electron chi connectivity index (χ3n) is 3.97. The minimum atomic E-state index is -0.754. The number of nitrogens with zero attached hydrogens (tertiary/aromatic N) is 2. The summed E-state index contributed by atoms with van der Waals surface area (Å²) in [5, 5.41) is 24.0. The molecule has 9 nitrogen and oxygen atoms in total. The highest BCUT2D eigenvalue weighted by Crippen LogP contribution is 2.34. The molecule has 1 atom stereocenters. The van der Waals surface area contributed by atoms with E-state index in [2.05, 4.69) is 5.32 Å². The summed E-state index contributed by atoms with van der Waals surface area (Å²) < 4.78 is 11.9. The number of hydrogen-bond acceptors (Lipinski definition) is 6. The Labute approximate surface area is 150 Å². The van der Waals surface area contributed by atoms with E-state index < -0.39 is 16.9 Å². The van der Waals surface area contributed by atoms with Crippen LogP contribution in [0.5, 0.6) is 11.5 Å². The molecule has 1 heterocycles. The van der Waals surface area contributed by atoms with Gasteiger partial charge in [-0.25, -0.2) is 0 Å². The van der Waals surface area contributed by atoms with Crippen molar-refractivity contribution >= 4 is 11.6 Å². The van der Waals surface area contributed by atoms with Crippen LogP contribution in [-0.4, -0.2) is 41.3 Å². The van der Waals surface area contributed by atoms with Crippen molar-refractivity contribution in [1.29, 1.82) is 0 Å². The van der Waals surface area contributed by atoms with E-state index in [1.807, 2.05) is 19.3 Å². The second kappa shape index (κ2) is 8.34. The number of rotatable bonds is 8. The van der Waals surface area contributed by atoms with Gasteiger partial charge in [0.2, 0.25) is 0 Å². The van der Waals surface area contributed by atoms with Crippen LogP contribution in [0.3, 0.4) is 0 Å². The number of hydrogen-bond donors (Lipinski definition) is 2. The second-order valence-corrected chi connectivity index (χ2v) is 5.59. The fraction of sp³-hybridized carbons (Fsp3) is 0.353. The number of ether oxygens (including phenoxy) is 2. The van der Waals surface area contributed by atoms with Gasteiger partial charge in [0.1, 0.15) is 5.56 Å². The fourth-order valence-electron chi connectivity index (χ4n) is 2.59. The molecule has 0 aliphatic carbocycles. The molecule has 0 aliphatic heterocycles. The predicted molar refractivity (Wildman–Crippen MR) is 93.5 cm³/mol. The van der Waals surface area contributed by atoms with Crippen LogP contribution in [0.1, 0.15) is 28.6 Å². The first-order valence-electron chi connectivity index (χ1n) is 7.87. The molecule has 0 saturated carbocycles. The molecular weight excluding hydrogens is 342 g/mol. The Morgan fingerprint density at radius 2 is 2.00 bits per heavy atom. The van der Waals surface area contributed by atoms with Crippen molar-refractivity contribution < 1.29 is 24.3 Å². The van der Waals surface area contributed by atoms with Gasteiger partial charge in [0.15, 0.2) is 11.5 Å².